The van der Waals surface area contributed by atoms with Gasteiger partial charge in [0.05, 0.1) is 31.4 Å². The first-order valence-corrected chi connectivity index (χ1v) is 5.58. The molecular formula is C11H15N3O4. The van der Waals surface area contributed by atoms with Crippen LogP contribution in [0.5, 0.6) is 5.88 Å². The van der Waals surface area contributed by atoms with Crippen molar-refractivity contribution in [3.05, 3.63) is 17.6 Å². The van der Waals surface area contributed by atoms with Gasteiger partial charge in [0.2, 0.25) is 5.88 Å². The minimum atomic E-state index is -1.07. The molecule has 1 aliphatic heterocycles. The van der Waals surface area contributed by atoms with Crippen LogP contribution in [-0.2, 0) is 0 Å². The quantitative estimate of drug-likeness (QED) is 0.800. The molecule has 0 saturated carbocycles. The number of methoxy groups -OCH3 is 1. The lowest BCUT2D eigenvalue weighted by atomic mass is 10.1. The Morgan fingerprint density at radius 3 is 2.94 bits per heavy atom. The number of hydrogen-bond acceptors (Lipinski definition) is 5. The number of rotatable bonds is 2. The van der Waals surface area contributed by atoms with Crippen molar-refractivity contribution in [3.8, 4) is 5.88 Å². The second kappa shape index (κ2) is 4.77. The summed E-state index contributed by atoms with van der Waals surface area (Å²) in [5.74, 6) is 0.906. The van der Waals surface area contributed by atoms with Crippen LogP contribution < -0.4 is 4.74 Å². The molecule has 2 rings (SSSR count). The maximum Gasteiger partial charge on any atom is 0.407 e. The normalized spacial score (nSPS) is 23.2. The number of aromatic nitrogens is 2. The highest BCUT2D eigenvalue weighted by Crippen LogP contribution is 2.35. The van der Waals surface area contributed by atoms with E-state index in [-0.39, 0.29) is 6.54 Å². The topological polar surface area (TPSA) is 95.8 Å². The lowest BCUT2D eigenvalue weighted by Gasteiger charge is -2.22. The molecule has 0 aliphatic carbocycles. The molecule has 1 aliphatic rings. The standard InChI is InChI=1S/C11H15N3O4/c1-6-12-4-8(10(13-6)18-2)9-3-7(15)5-14(9)11(16)17/h4,7,9,15H,3,5H2,1-2H3,(H,16,17)/t7-,9?/m1/s1. The monoisotopic (exact) mass is 253 g/mol. The molecule has 0 spiro atoms. The predicted molar refractivity (Wildman–Crippen MR) is 61.4 cm³/mol. The van der Waals surface area contributed by atoms with Crippen molar-refractivity contribution in [2.75, 3.05) is 13.7 Å². The van der Waals surface area contributed by atoms with E-state index in [1.54, 1.807) is 13.1 Å². The molecule has 98 valence electrons. The first-order valence-electron chi connectivity index (χ1n) is 5.58. The number of likely N-dealkylation sites (tertiary alicyclic amines) is 1. The van der Waals surface area contributed by atoms with E-state index in [0.29, 0.717) is 23.7 Å². The Balaban J connectivity index is 2.38. The Bertz CT molecular complexity index is 466. The number of aliphatic hydroxyl groups is 1. The Hall–Kier alpha value is -1.89. The maximum atomic E-state index is 11.1. The molecule has 1 unspecified atom stereocenters. The molecule has 2 heterocycles. The number of hydrogen-bond donors (Lipinski definition) is 2. The molecular weight excluding hydrogens is 238 g/mol. The van der Waals surface area contributed by atoms with Crippen LogP contribution in [0.25, 0.3) is 0 Å². The average Bonchev–Trinajstić information content (AvgIpc) is 2.71. The largest absolute Gasteiger partial charge is 0.481 e. The second-order valence-corrected chi connectivity index (χ2v) is 4.22. The van der Waals surface area contributed by atoms with Gasteiger partial charge in [-0.15, -0.1) is 0 Å². The van der Waals surface area contributed by atoms with E-state index in [9.17, 15) is 9.90 Å². The van der Waals surface area contributed by atoms with Gasteiger partial charge in [-0.1, -0.05) is 0 Å². The van der Waals surface area contributed by atoms with E-state index in [2.05, 4.69) is 9.97 Å². The molecule has 1 amide bonds. The van der Waals surface area contributed by atoms with E-state index in [0.717, 1.165) is 0 Å². The molecule has 1 aromatic heterocycles. The van der Waals surface area contributed by atoms with Crippen molar-refractivity contribution in [2.24, 2.45) is 0 Å². The number of carboxylic acid groups (broad SMARTS) is 1. The van der Waals surface area contributed by atoms with Crippen LogP contribution in [0.2, 0.25) is 0 Å². The van der Waals surface area contributed by atoms with Crippen LogP contribution in [0.1, 0.15) is 23.9 Å². The number of aryl methyl sites for hydroxylation is 1. The SMILES string of the molecule is COc1nc(C)ncc1C1C[C@@H](O)CN1C(=O)O. The van der Waals surface area contributed by atoms with Gasteiger partial charge in [0.25, 0.3) is 0 Å². The molecule has 1 saturated heterocycles. The van der Waals surface area contributed by atoms with Gasteiger partial charge in [-0.2, -0.15) is 4.98 Å². The highest BCUT2D eigenvalue weighted by Gasteiger charge is 2.37. The van der Waals surface area contributed by atoms with Crippen molar-refractivity contribution >= 4 is 6.09 Å². The Labute approximate surface area is 104 Å². The summed E-state index contributed by atoms with van der Waals surface area (Å²) in [6.45, 7) is 1.82. The van der Waals surface area contributed by atoms with Crippen molar-refractivity contribution in [2.45, 2.75) is 25.5 Å². The first kappa shape index (κ1) is 12.6. The van der Waals surface area contributed by atoms with E-state index in [1.807, 2.05) is 0 Å². The molecule has 1 fully saturated rings. The number of nitrogens with zero attached hydrogens (tertiary/aromatic N) is 3. The van der Waals surface area contributed by atoms with Crippen LogP contribution in [-0.4, -0.2) is 50.9 Å². The molecule has 2 atom stereocenters. The number of carbonyl (C=O) groups is 1. The zero-order valence-electron chi connectivity index (χ0n) is 10.2. The molecule has 7 heteroatoms. The van der Waals surface area contributed by atoms with Crippen LogP contribution >= 0.6 is 0 Å². The van der Waals surface area contributed by atoms with Crippen molar-refractivity contribution in [3.63, 3.8) is 0 Å². The maximum absolute atomic E-state index is 11.1. The second-order valence-electron chi connectivity index (χ2n) is 4.22. The third-order valence-corrected chi connectivity index (χ3v) is 2.98. The highest BCUT2D eigenvalue weighted by molar-refractivity contribution is 5.66. The summed E-state index contributed by atoms with van der Waals surface area (Å²) < 4.78 is 5.15. The van der Waals surface area contributed by atoms with E-state index in [4.69, 9.17) is 9.84 Å². The summed E-state index contributed by atoms with van der Waals surface area (Å²) in [6, 6.07) is -0.465. The van der Waals surface area contributed by atoms with Crippen LogP contribution in [0, 0.1) is 6.92 Å². The molecule has 2 N–H and O–H groups in total. The van der Waals surface area contributed by atoms with Gasteiger partial charge < -0.3 is 14.9 Å². The first-order chi connectivity index (χ1) is 8.52. The highest BCUT2D eigenvalue weighted by atomic mass is 16.5. The minimum absolute atomic E-state index is 0.0943. The minimum Gasteiger partial charge on any atom is -0.481 e. The Morgan fingerprint density at radius 1 is 1.61 bits per heavy atom. The van der Waals surface area contributed by atoms with Gasteiger partial charge in [0, 0.05) is 12.6 Å². The molecule has 0 aromatic carbocycles. The number of aliphatic hydroxyl groups excluding tert-OH is 1. The summed E-state index contributed by atoms with van der Waals surface area (Å²) in [5.41, 5.74) is 0.585. The third-order valence-electron chi connectivity index (χ3n) is 2.98. The van der Waals surface area contributed by atoms with Crippen LogP contribution in [0.15, 0.2) is 6.20 Å². The zero-order chi connectivity index (χ0) is 13.3. The van der Waals surface area contributed by atoms with Gasteiger partial charge in [-0.05, 0) is 6.92 Å². The average molecular weight is 253 g/mol. The lowest BCUT2D eigenvalue weighted by Crippen LogP contribution is -2.30. The Morgan fingerprint density at radius 2 is 2.33 bits per heavy atom. The smallest absolute Gasteiger partial charge is 0.407 e. The van der Waals surface area contributed by atoms with E-state index in [1.165, 1.54) is 12.0 Å². The van der Waals surface area contributed by atoms with Crippen LogP contribution in [0.4, 0.5) is 4.79 Å². The molecule has 7 nitrogen and oxygen atoms in total. The fourth-order valence-electron chi connectivity index (χ4n) is 2.17. The van der Waals surface area contributed by atoms with Gasteiger partial charge >= 0.3 is 6.09 Å². The number of ether oxygens (including phenoxy) is 1. The summed E-state index contributed by atoms with van der Waals surface area (Å²) in [5, 5.41) is 18.7. The lowest BCUT2D eigenvalue weighted by molar-refractivity contribution is 0.131. The Kier molecular flexibility index (Phi) is 3.33. The van der Waals surface area contributed by atoms with Crippen molar-refractivity contribution < 1.29 is 19.7 Å². The van der Waals surface area contributed by atoms with Gasteiger partial charge in [-0.25, -0.2) is 9.78 Å². The summed E-state index contributed by atoms with van der Waals surface area (Å²) in [7, 11) is 1.47. The van der Waals surface area contributed by atoms with Crippen molar-refractivity contribution in [1.82, 2.24) is 14.9 Å². The van der Waals surface area contributed by atoms with Gasteiger partial charge in [-0.3, -0.25) is 4.90 Å². The molecule has 0 radical (unpaired) electrons. The summed E-state index contributed by atoms with van der Waals surface area (Å²) in [6.07, 6.45) is 0.144. The molecule has 18 heavy (non-hydrogen) atoms. The number of amides is 1. The van der Waals surface area contributed by atoms with Crippen LogP contribution in [0.3, 0.4) is 0 Å². The number of β-amino-alcohol motifs (C(OH)–C–C–N with tert-alkyl or cyclic N) is 1. The molecule has 1 aromatic rings. The fourth-order valence-corrected chi connectivity index (χ4v) is 2.17. The predicted octanol–water partition coefficient (Wildman–Crippen LogP) is 0.579. The van der Waals surface area contributed by atoms with Gasteiger partial charge in [0.15, 0.2) is 0 Å². The van der Waals surface area contributed by atoms with Gasteiger partial charge in [0.1, 0.15) is 5.82 Å². The van der Waals surface area contributed by atoms with Crippen molar-refractivity contribution in [1.29, 1.82) is 0 Å². The third kappa shape index (κ3) is 2.21. The zero-order valence-corrected chi connectivity index (χ0v) is 10.2. The summed E-state index contributed by atoms with van der Waals surface area (Å²) >= 11 is 0. The van der Waals surface area contributed by atoms with E-state index >= 15 is 0 Å². The summed E-state index contributed by atoms with van der Waals surface area (Å²) in [4.78, 5) is 20.5. The van der Waals surface area contributed by atoms with E-state index < -0.39 is 18.2 Å². The fraction of sp³-hybridized carbons (Fsp3) is 0.545. The molecule has 0 bridgehead atoms.